The van der Waals surface area contributed by atoms with Gasteiger partial charge in [0.25, 0.3) is 5.19 Å². The van der Waals surface area contributed by atoms with Gasteiger partial charge in [-0.1, -0.05) is 22.9 Å². The number of hydrogen-bond donors (Lipinski definition) is 2. The molecule has 7 heteroatoms. The average Bonchev–Trinajstić information content (AvgIpc) is 2.78. The number of carbonyl (C=O) groups is 1. The number of rotatable bonds is 3. The molecule has 3 aromatic rings. The van der Waals surface area contributed by atoms with Gasteiger partial charge in [-0.15, -0.1) is 0 Å². The van der Waals surface area contributed by atoms with Crippen molar-refractivity contribution >= 4 is 44.8 Å². The highest BCUT2D eigenvalue weighted by Crippen LogP contribution is 2.33. The van der Waals surface area contributed by atoms with Crippen LogP contribution in [0, 0.1) is 0 Å². The Bertz CT molecular complexity index is 827. The van der Waals surface area contributed by atoms with E-state index < -0.39 is 5.97 Å². The molecule has 0 saturated heterocycles. The predicted octanol–water partition coefficient (Wildman–Crippen LogP) is 4.02. The van der Waals surface area contributed by atoms with Gasteiger partial charge >= 0.3 is 5.97 Å². The fourth-order valence-corrected chi connectivity index (χ4v) is 2.93. The van der Waals surface area contributed by atoms with Crippen LogP contribution in [0.15, 0.2) is 36.4 Å². The number of halogens is 1. The Morgan fingerprint density at radius 3 is 2.81 bits per heavy atom. The quantitative estimate of drug-likeness (QED) is 0.712. The molecule has 0 saturated carbocycles. The van der Waals surface area contributed by atoms with E-state index >= 15 is 0 Å². The van der Waals surface area contributed by atoms with E-state index in [0.29, 0.717) is 27.2 Å². The number of aromatic carboxylic acids is 1. The number of anilines is 1. The molecule has 0 radical (unpaired) electrons. The Labute approximate surface area is 128 Å². The molecule has 0 fully saturated rings. The summed E-state index contributed by atoms with van der Waals surface area (Å²) in [6.45, 7) is 0. The lowest BCUT2D eigenvalue weighted by Gasteiger charge is -2.03. The van der Waals surface area contributed by atoms with E-state index in [1.54, 1.807) is 30.3 Å². The van der Waals surface area contributed by atoms with Crippen molar-refractivity contribution in [3.63, 3.8) is 0 Å². The summed E-state index contributed by atoms with van der Waals surface area (Å²) in [6.07, 6.45) is 0. The van der Waals surface area contributed by atoms with Crippen molar-refractivity contribution in [2.24, 2.45) is 0 Å². The maximum Gasteiger partial charge on any atom is 0.335 e. The van der Waals surface area contributed by atoms with Crippen LogP contribution in [0.25, 0.3) is 10.2 Å². The molecule has 21 heavy (non-hydrogen) atoms. The summed E-state index contributed by atoms with van der Waals surface area (Å²) in [5.74, 6) is -0.493. The average molecular weight is 321 g/mol. The van der Waals surface area contributed by atoms with Crippen molar-refractivity contribution in [1.29, 1.82) is 0 Å². The molecule has 3 rings (SSSR count). The Morgan fingerprint density at radius 1 is 1.29 bits per heavy atom. The third-order valence-electron chi connectivity index (χ3n) is 2.71. The van der Waals surface area contributed by atoms with E-state index in [-0.39, 0.29) is 5.56 Å². The van der Waals surface area contributed by atoms with E-state index in [0.717, 1.165) is 4.70 Å². The SMILES string of the molecule is Nc1cc(Cl)cc(Oc2nc3ccc(C(=O)O)cc3s2)c1. The molecular weight excluding hydrogens is 312 g/mol. The van der Waals surface area contributed by atoms with Gasteiger partial charge in [-0.3, -0.25) is 0 Å². The summed E-state index contributed by atoms with van der Waals surface area (Å²) in [7, 11) is 0. The van der Waals surface area contributed by atoms with Crippen molar-refractivity contribution in [3.05, 3.63) is 47.0 Å². The molecule has 2 aromatic carbocycles. The van der Waals surface area contributed by atoms with Gasteiger partial charge in [0.2, 0.25) is 0 Å². The van der Waals surface area contributed by atoms with Gasteiger partial charge in [0.05, 0.1) is 15.8 Å². The standard InChI is InChI=1S/C14H9ClN2O3S/c15-8-4-9(16)6-10(5-8)20-14-17-11-2-1-7(13(18)19)3-12(11)21-14/h1-6H,16H2,(H,18,19). The molecule has 0 aliphatic rings. The molecule has 0 spiro atoms. The highest BCUT2D eigenvalue weighted by atomic mass is 35.5. The minimum Gasteiger partial charge on any atom is -0.478 e. The van der Waals surface area contributed by atoms with Crippen molar-refractivity contribution in [3.8, 4) is 10.9 Å². The first-order valence-electron chi connectivity index (χ1n) is 5.89. The Balaban J connectivity index is 1.95. The molecule has 0 aliphatic heterocycles. The second kappa shape index (κ2) is 5.23. The molecule has 0 unspecified atom stereocenters. The highest BCUT2D eigenvalue weighted by Gasteiger charge is 2.10. The van der Waals surface area contributed by atoms with Gasteiger partial charge in [0, 0.05) is 16.8 Å². The molecular formula is C14H9ClN2O3S. The predicted molar refractivity (Wildman–Crippen MR) is 82.5 cm³/mol. The summed E-state index contributed by atoms with van der Waals surface area (Å²) in [5.41, 5.74) is 7.08. The van der Waals surface area contributed by atoms with Crippen LogP contribution in [0.2, 0.25) is 5.02 Å². The molecule has 0 amide bonds. The second-order valence-corrected chi connectivity index (χ2v) is 5.72. The van der Waals surface area contributed by atoms with Crippen molar-refractivity contribution in [2.75, 3.05) is 5.73 Å². The molecule has 0 atom stereocenters. The van der Waals surface area contributed by atoms with Crippen LogP contribution >= 0.6 is 22.9 Å². The Morgan fingerprint density at radius 2 is 2.10 bits per heavy atom. The highest BCUT2D eigenvalue weighted by molar-refractivity contribution is 7.20. The van der Waals surface area contributed by atoms with E-state index in [9.17, 15) is 4.79 Å². The van der Waals surface area contributed by atoms with Crippen LogP contribution in [0.3, 0.4) is 0 Å². The summed E-state index contributed by atoms with van der Waals surface area (Å²) in [6, 6.07) is 9.60. The first-order valence-corrected chi connectivity index (χ1v) is 7.08. The van der Waals surface area contributed by atoms with Gasteiger partial charge < -0.3 is 15.6 Å². The Hall–Kier alpha value is -2.31. The third kappa shape index (κ3) is 2.91. The monoisotopic (exact) mass is 320 g/mol. The van der Waals surface area contributed by atoms with Crippen molar-refractivity contribution in [1.82, 2.24) is 4.98 Å². The normalized spacial score (nSPS) is 10.7. The third-order valence-corrected chi connectivity index (χ3v) is 3.83. The van der Waals surface area contributed by atoms with Crippen molar-refractivity contribution < 1.29 is 14.6 Å². The van der Waals surface area contributed by atoms with E-state index in [2.05, 4.69) is 4.98 Å². The summed E-state index contributed by atoms with van der Waals surface area (Å²) >= 11 is 7.16. The largest absolute Gasteiger partial charge is 0.478 e. The lowest BCUT2D eigenvalue weighted by molar-refractivity contribution is 0.0697. The van der Waals surface area contributed by atoms with Crippen LogP contribution in [-0.2, 0) is 0 Å². The number of nitrogens with zero attached hydrogens (tertiary/aromatic N) is 1. The Kier molecular flexibility index (Phi) is 3.40. The van der Waals surface area contributed by atoms with Crippen LogP contribution < -0.4 is 10.5 Å². The summed E-state index contributed by atoms with van der Waals surface area (Å²) in [4.78, 5) is 15.2. The second-order valence-electron chi connectivity index (χ2n) is 4.29. The fraction of sp³-hybridized carbons (Fsp3) is 0. The number of ether oxygens (including phenoxy) is 1. The molecule has 1 heterocycles. The lowest BCUT2D eigenvalue weighted by atomic mass is 10.2. The van der Waals surface area contributed by atoms with E-state index in [4.69, 9.17) is 27.2 Å². The zero-order valence-corrected chi connectivity index (χ0v) is 12.1. The fourth-order valence-electron chi connectivity index (χ4n) is 1.82. The number of carboxylic acid groups (broad SMARTS) is 1. The van der Waals surface area contributed by atoms with Crippen LogP contribution in [-0.4, -0.2) is 16.1 Å². The summed E-state index contributed by atoms with van der Waals surface area (Å²) < 4.78 is 6.36. The molecule has 0 aliphatic carbocycles. The zero-order valence-electron chi connectivity index (χ0n) is 10.5. The van der Waals surface area contributed by atoms with Gasteiger partial charge in [-0.25, -0.2) is 9.78 Å². The number of fused-ring (bicyclic) bond motifs is 1. The molecule has 106 valence electrons. The first kappa shape index (κ1) is 13.7. The van der Waals surface area contributed by atoms with Crippen LogP contribution in [0.1, 0.15) is 10.4 Å². The smallest absolute Gasteiger partial charge is 0.335 e. The van der Waals surface area contributed by atoms with E-state index in [1.165, 1.54) is 17.4 Å². The van der Waals surface area contributed by atoms with E-state index in [1.807, 2.05) is 0 Å². The summed E-state index contributed by atoms with van der Waals surface area (Å²) in [5, 5.41) is 9.84. The first-order chi connectivity index (χ1) is 10.0. The number of benzene rings is 2. The maximum absolute atomic E-state index is 10.9. The maximum atomic E-state index is 10.9. The number of hydrogen-bond acceptors (Lipinski definition) is 5. The van der Waals surface area contributed by atoms with Gasteiger partial charge in [-0.05, 0) is 30.3 Å². The van der Waals surface area contributed by atoms with Crippen molar-refractivity contribution in [2.45, 2.75) is 0 Å². The van der Waals surface area contributed by atoms with Gasteiger partial charge in [-0.2, -0.15) is 0 Å². The van der Waals surface area contributed by atoms with Crippen LogP contribution in [0.4, 0.5) is 5.69 Å². The lowest BCUT2D eigenvalue weighted by Crippen LogP contribution is -1.94. The number of nitrogens with two attached hydrogens (primary N) is 1. The van der Waals surface area contributed by atoms with Gasteiger partial charge in [0.15, 0.2) is 0 Å². The minimum absolute atomic E-state index is 0.213. The minimum atomic E-state index is -0.976. The number of aromatic nitrogens is 1. The topological polar surface area (TPSA) is 85.4 Å². The number of nitrogen functional groups attached to an aromatic ring is 1. The number of carboxylic acids is 1. The van der Waals surface area contributed by atoms with Gasteiger partial charge in [0.1, 0.15) is 5.75 Å². The number of thiazole rings is 1. The molecule has 1 aromatic heterocycles. The zero-order chi connectivity index (χ0) is 15.0. The molecule has 3 N–H and O–H groups in total. The van der Waals surface area contributed by atoms with Crippen LogP contribution in [0.5, 0.6) is 10.9 Å². The molecule has 0 bridgehead atoms. The molecule has 5 nitrogen and oxygen atoms in total.